The minimum atomic E-state index is 0.348. The molecular formula is C16H21N3O. The Kier molecular flexibility index (Phi) is 3.74. The van der Waals surface area contributed by atoms with E-state index in [2.05, 4.69) is 41.7 Å². The van der Waals surface area contributed by atoms with Crippen LogP contribution in [0.4, 0.5) is 0 Å². The van der Waals surface area contributed by atoms with Gasteiger partial charge in [-0.15, -0.1) is 0 Å². The zero-order valence-electron chi connectivity index (χ0n) is 12.1. The molecule has 2 heterocycles. The van der Waals surface area contributed by atoms with E-state index in [4.69, 9.17) is 4.74 Å². The van der Waals surface area contributed by atoms with Gasteiger partial charge in [0.2, 0.25) is 0 Å². The zero-order valence-corrected chi connectivity index (χ0v) is 12.1. The summed E-state index contributed by atoms with van der Waals surface area (Å²) >= 11 is 0. The number of rotatable bonds is 5. The molecule has 1 aliphatic rings. The van der Waals surface area contributed by atoms with Crippen LogP contribution in [0, 0.1) is 0 Å². The van der Waals surface area contributed by atoms with E-state index in [1.165, 1.54) is 16.7 Å². The van der Waals surface area contributed by atoms with Crippen LogP contribution >= 0.6 is 0 Å². The van der Waals surface area contributed by atoms with Crippen molar-refractivity contribution >= 4 is 0 Å². The summed E-state index contributed by atoms with van der Waals surface area (Å²) in [6, 6.07) is 6.86. The van der Waals surface area contributed by atoms with E-state index in [-0.39, 0.29) is 0 Å². The van der Waals surface area contributed by atoms with Gasteiger partial charge in [-0.3, -0.25) is 4.68 Å². The fraction of sp³-hybridized carbons (Fsp3) is 0.438. The summed E-state index contributed by atoms with van der Waals surface area (Å²) in [6.07, 6.45) is 6.10. The van der Waals surface area contributed by atoms with E-state index in [1.807, 2.05) is 17.9 Å². The first-order valence-electron chi connectivity index (χ1n) is 7.20. The van der Waals surface area contributed by atoms with Crippen molar-refractivity contribution in [2.24, 2.45) is 0 Å². The lowest BCUT2D eigenvalue weighted by Gasteiger charge is -2.06. The van der Waals surface area contributed by atoms with Crippen molar-refractivity contribution in [1.82, 2.24) is 15.1 Å². The van der Waals surface area contributed by atoms with Crippen LogP contribution in [0.3, 0.4) is 0 Å². The summed E-state index contributed by atoms with van der Waals surface area (Å²) in [5, 5.41) is 7.65. The summed E-state index contributed by atoms with van der Waals surface area (Å²) in [6.45, 7) is 3.88. The van der Waals surface area contributed by atoms with E-state index in [0.717, 1.165) is 31.7 Å². The van der Waals surface area contributed by atoms with Gasteiger partial charge in [-0.2, -0.15) is 5.10 Å². The van der Waals surface area contributed by atoms with Crippen molar-refractivity contribution in [3.05, 3.63) is 47.3 Å². The molecule has 4 nitrogen and oxygen atoms in total. The minimum absolute atomic E-state index is 0.348. The largest absolute Gasteiger partial charge is 0.493 e. The second-order valence-electron chi connectivity index (χ2n) is 5.34. The molecule has 0 fully saturated rings. The van der Waals surface area contributed by atoms with E-state index in [0.29, 0.717) is 6.04 Å². The monoisotopic (exact) mass is 271 g/mol. The molecule has 1 aromatic carbocycles. The lowest BCUT2D eigenvalue weighted by Crippen LogP contribution is -2.11. The van der Waals surface area contributed by atoms with Gasteiger partial charge >= 0.3 is 0 Å². The molecule has 0 saturated heterocycles. The standard InChI is InChI=1S/C16H21N3O/c1-12(17-2)15-10-18-19(11-15)7-5-13-3-4-16-14(9-13)6-8-20-16/h3-4,9-12,17H,5-8H2,1-2H3. The van der Waals surface area contributed by atoms with Crippen molar-refractivity contribution in [2.75, 3.05) is 13.7 Å². The third kappa shape index (κ3) is 2.70. The van der Waals surface area contributed by atoms with Gasteiger partial charge in [-0.25, -0.2) is 0 Å². The first-order valence-corrected chi connectivity index (χ1v) is 7.20. The Hall–Kier alpha value is -1.81. The van der Waals surface area contributed by atoms with Crippen molar-refractivity contribution in [2.45, 2.75) is 32.4 Å². The van der Waals surface area contributed by atoms with Gasteiger partial charge in [-0.1, -0.05) is 12.1 Å². The lowest BCUT2D eigenvalue weighted by molar-refractivity contribution is 0.357. The Morgan fingerprint density at radius 3 is 3.20 bits per heavy atom. The molecule has 1 atom stereocenters. The maximum Gasteiger partial charge on any atom is 0.122 e. The van der Waals surface area contributed by atoms with Crippen LogP contribution in [0.2, 0.25) is 0 Å². The maximum atomic E-state index is 5.53. The molecule has 3 rings (SSSR count). The molecule has 0 spiro atoms. The third-order valence-electron chi connectivity index (χ3n) is 3.97. The zero-order chi connectivity index (χ0) is 13.9. The number of benzene rings is 1. The quantitative estimate of drug-likeness (QED) is 0.907. The number of aromatic nitrogens is 2. The first kappa shape index (κ1) is 13.2. The Bertz CT molecular complexity index is 591. The van der Waals surface area contributed by atoms with Crippen LogP contribution < -0.4 is 10.1 Å². The number of fused-ring (bicyclic) bond motifs is 1. The fourth-order valence-corrected chi connectivity index (χ4v) is 2.53. The molecule has 1 aliphatic heterocycles. The number of nitrogens with one attached hydrogen (secondary N) is 1. The highest BCUT2D eigenvalue weighted by Gasteiger charge is 2.12. The molecule has 1 unspecified atom stereocenters. The van der Waals surface area contributed by atoms with Crippen molar-refractivity contribution < 1.29 is 4.74 Å². The van der Waals surface area contributed by atoms with Crippen LogP contribution in [-0.2, 0) is 19.4 Å². The normalized spacial score (nSPS) is 14.9. The number of aryl methyl sites for hydroxylation is 2. The number of ether oxygens (including phenoxy) is 1. The molecule has 2 aromatic rings. The SMILES string of the molecule is CNC(C)c1cnn(CCc2ccc3c(c2)CCO3)c1. The fourth-order valence-electron chi connectivity index (χ4n) is 2.53. The average Bonchev–Trinajstić information content (AvgIpc) is 3.12. The molecule has 1 aromatic heterocycles. The highest BCUT2D eigenvalue weighted by atomic mass is 16.5. The molecule has 0 bridgehead atoms. The second kappa shape index (κ2) is 5.67. The molecule has 0 saturated carbocycles. The van der Waals surface area contributed by atoms with Crippen molar-refractivity contribution in [1.29, 1.82) is 0 Å². The molecule has 106 valence electrons. The second-order valence-corrected chi connectivity index (χ2v) is 5.34. The molecule has 4 heteroatoms. The van der Waals surface area contributed by atoms with Gasteiger partial charge in [0.25, 0.3) is 0 Å². The maximum absolute atomic E-state index is 5.53. The van der Waals surface area contributed by atoms with Crippen LogP contribution in [0.15, 0.2) is 30.6 Å². The van der Waals surface area contributed by atoms with E-state index < -0.39 is 0 Å². The van der Waals surface area contributed by atoms with E-state index >= 15 is 0 Å². The molecule has 0 amide bonds. The highest BCUT2D eigenvalue weighted by Crippen LogP contribution is 2.26. The lowest BCUT2D eigenvalue weighted by atomic mass is 10.1. The molecule has 20 heavy (non-hydrogen) atoms. The highest BCUT2D eigenvalue weighted by molar-refractivity contribution is 5.39. The predicted molar refractivity (Wildman–Crippen MR) is 79.0 cm³/mol. The van der Waals surface area contributed by atoms with Crippen LogP contribution in [0.5, 0.6) is 5.75 Å². The Labute approximate surface area is 119 Å². The molecular weight excluding hydrogens is 250 g/mol. The summed E-state index contributed by atoms with van der Waals surface area (Å²) < 4.78 is 7.55. The van der Waals surface area contributed by atoms with Gasteiger partial charge in [-0.05, 0) is 37.6 Å². The van der Waals surface area contributed by atoms with Crippen molar-refractivity contribution in [3.8, 4) is 5.75 Å². The number of nitrogens with zero attached hydrogens (tertiary/aromatic N) is 2. The smallest absolute Gasteiger partial charge is 0.122 e. The van der Waals surface area contributed by atoms with Gasteiger partial charge in [0.1, 0.15) is 5.75 Å². The van der Waals surface area contributed by atoms with Gasteiger partial charge in [0.15, 0.2) is 0 Å². The number of hydrogen-bond donors (Lipinski definition) is 1. The topological polar surface area (TPSA) is 39.1 Å². The van der Waals surface area contributed by atoms with Crippen molar-refractivity contribution in [3.63, 3.8) is 0 Å². The van der Waals surface area contributed by atoms with Crippen LogP contribution in [-0.4, -0.2) is 23.4 Å². The molecule has 0 radical (unpaired) electrons. The van der Waals surface area contributed by atoms with Crippen LogP contribution in [0.1, 0.15) is 29.7 Å². The van der Waals surface area contributed by atoms with Gasteiger partial charge < -0.3 is 10.1 Å². The summed E-state index contributed by atoms with van der Waals surface area (Å²) in [5.74, 6) is 1.05. The Balaban J connectivity index is 1.63. The first-order chi connectivity index (χ1) is 9.76. The number of hydrogen-bond acceptors (Lipinski definition) is 3. The summed E-state index contributed by atoms with van der Waals surface area (Å²) in [5.41, 5.74) is 3.93. The van der Waals surface area contributed by atoms with E-state index in [9.17, 15) is 0 Å². The van der Waals surface area contributed by atoms with Crippen LogP contribution in [0.25, 0.3) is 0 Å². The summed E-state index contributed by atoms with van der Waals surface area (Å²) in [4.78, 5) is 0. The third-order valence-corrected chi connectivity index (χ3v) is 3.97. The molecule has 0 aliphatic carbocycles. The average molecular weight is 271 g/mol. The molecule has 1 N–H and O–H groups in total. The Morgan fingerprint density at radius 2 is 2.35 bits per heavy atom. The van der Waals surface area contributed by atoms with Gasteiger partial charge in [0, 0.05) is 30.8 Å². The summed E-state index contributed by atoms with van der Waals surface area (Å²) in [7, 11) is 1.97. The Morgan fingerprint density at radius 1 is 1.45 bits per heavy atom. The predicted octanol–water partition coefficient (Wildman–Crippen LogP) is 2.34. The van der Waals surface area contributed by atoms with E-state index in [1.54, 1.807) is 0 Å². The minimum Gasteiger partial charge on any atom is -0.493 e. The van der Waals surface area contributed by atoms with Gasteiger partial charge in [0.05, 0.1) is 12.8 Å².